The molecule has 0 aromatic carbocycles. The van der Waals surface area contributed by atoms with E-state index in [1.54, 1.807) is 0 Å². The highest BCUT2D eigenvalue weighted by atomic mass is 35.5. The van der Waals surface area contributed by atoms with Crippen molar-refractivity contribution >= 4 is 12.4 Å². The lowest BCUT2D eigenvalue weighted by atomic mass is 10.3. The highest BCUT2D eigenvalue weighted by Gasteiger charge is 2.07. The first-order valence-corrected chi connectivity index (χ1v) is 4.14. The number of halogens is 2. The Morgan fingerprint density at radius 3 is 2.64 bits per heavy atom. The lowest BCUT2D eigenvalue weighted by Crippen LogP contribution is -2.09. The van der Waals surface area contributed by atoms with Crippen molar-refractivity contribution < 1.29 is 9.13 Å². The van der Waals surface area contributed by atoms with Gasteiger partial charge in [-0.05, 0) is 25.5 Å². The van der Waals surface area contributed by atoms with E-state index in [9.17, 15) is 4.39 Å². The van der Waals surface area contributed by atoms with E-state index in [0.717, 1.165) is 0 Å². The molecule has 1 rings (SSSR count). The van der Waals surface area contributed by atoms with Crippen LogP contribution in [0, 0.1) is 5.82 Å². The SMILES string of the molecule is CC(C)Oc1ncc(CN)cc1F.Cl. The third-order valence-corrected chi connectivity index (χ3v) is 1.45. The highest BCUT2D eigenvalue weighted by Crippen LogP contribution is 2.15. The number of nitrogens with zero attached hydrogens (tertiary/aromatic N) is 1. The van der Waals surface area contributed by atoms with Crippen LogP contribution in [0.3, 0.4) is 0 Å². The maximum absolute atomic E-state index is 13.2. The summed E-state index contributed by atoms with van der Waals surface area (Å²) in [7, 11) is 0. The molecule has 5 heteroatoms. The molecule has 0 aliphatic heterocycles. The Balaban J connectivity index is 0.00000169. The molecule has 0 saturated heterocycles. The van der Waals surface area contributed by atoms with Gasteiger partial charge in [-0.2, -0.15) is 0 Å². The molecule has 0 atom stereocenters. The van der Waals surface area contributed by atoms with Gasteiger partial charge in [-0.25, -0.2) is 9.37 Å². The van der Waals surface area contributed by atoms with Gasteiger partial charge in [-0.1, -0.05) is 0 Å². The molecule has 80 valence electrons. The third-order valence-electron chi connectivity index (χ3n) is 1.45. The molecule has 1 heterocycles. The minimum atomic E-state index is -0.461. The summed E-state index contributed by atoms with van der Waals surface area (Å²) in [6.45, 7) is 3.92. The molecular formula is C9H14ClFN2O. The maximum atomic E-state index is 13.2. The van der Waals surface area contributed by atoms with Crippen LogP contribution < -0.4 is 10.5 Å². The van der Waals surface area contributed by atoms with Crippen LogP contribution in [0.15, 0.2) is 12.3 Å². The van der Waals surface area contributed by atoms with Crippen LogP contribution in [0.25, 0.3) is 0 Å². The van der Waals surface area contributed by atoms with Gasteiger partial charge in [-0.15, -0.1) is 12.4 Å². The van der Waals surface area contributed by atoms with Crippen molar-refractivity contribution in [1.82, 2.24) is 4.98 Å². The van der Waals surface area contributed by atoms with E-state index in [-0.39, 0.29) is 30.9 Å². The molecule has 3 nitrogen and oxygen atoms in total. The molecule has 0 amide bonds. The van der Waals surface area contributed by atoms with Crippen molar-refractivity contribution in [2.75, 3.05) is 0 Å². The second-order valence-electron chi connectivity index (χ2n) is 3.00. The van der Waals surface area contributed by atoms with E-state index in [0.29, 0.717) is 5.56 Å². The first-order chi connectivity index (χ1) is 6.13. The highest BCUT2D eigenvalue weighted by molar-refractivity contribution is 5.85. The molecule has 0 bridgehead atoms. The van der Waals surface area contributed by atoms with Gasteiger partial charge < -0.3 is 10.5 Å². The van der Waals surface area contributed by atoms with Crippen molar-refractivity contribution in [2.24, 2.45) is 5.73 Å². The number of nitrogens with two attached hydrogens (primary N) is 1. The predicted molar refractivity (Wildman–Crippen MR) is 55.1 cm³/mol. The second-order valence-corrected chi connectivity index (χ2v) is 3.00. The summed E-state index contributed by atoms with van der Waals surface area (Å²) < 4.78 is 18.3. The Labute approximate surface area is 88.9 Å². The molecule has 0 spiro atoms. The standard InChI is InChI=1S/C9H13FN2O.ClH/c1-6(2)13-9-8(10)3-7(4-11)5-12-9;/h3,5-6H,4,11H2,1-2H3;1H. The van der Waals surface area contributed by atoms with Crippen molar-refractivity contribution in [1.29, 1.82) is 0 Å². The average molecular weight is 221 g/mol. The summed E-state index contributed by atoms with van der Waals surface area (Å²) >= 11 is 0. The summed E-state index contributed by atoms with van der Waals surface area (Å²) in [4.78, 5) is 3.81. The number of rotatable bonds is 3. The van der Waals surface area contributed by atoms with E-state index in [4.69, 9.17) is 10.5 Å². The summed E-state index contributed by atoms with van der Waals surface area (Å²) in [5, 5.41) is 0. The Morgan fingerprint density at radius 1 is 1.57 bits per heavy atom. The summed E-state index contributed by atoms with van der Waals surface area (Å²) in [5.74, 6) is -0.427. The second kappa shape index (κ2) is 5.78. The molecule has 14 heavy (non-hydrogen) atoms. The zero-order valence-electron chi connectivity index (χ0n) is 8.16. The number of aromatic nitrogens is 1. The van der Waals surface area contributed by atoms with Gasteiger partial charge in [0, 0.05) is 12.7 Å². The lowest BCUT2D eigenvalue weighted by Gasteiger charge is -2.09. The Hall–Kier alpha value is -0.870. The van der Waals surface area contributed by atoms with Gasteiger partial charge >= 0.3 is 0 Å². The van der Waals surface area contributed by atoms with E-state index in [2.05, 4.69) is 4.98 Å². The van der Waals surface area contributed by atoms with Crippen LogP contribution in [0.5, 0.6) is 5.88 Å². The molecular weight excluding hydrogens is 207 g/mol. The van der Waals surface area contributed by atoms with E-state index >= 15 is 0 Å². The van der Waals surface area contributed by atoms with E-state index < -0.39 is 5.82 Å². The molecule has 0 aliphatic carbocycles. The fourth-order valence-electron chi connectivity index (χ4n) is 0.887. The smallest absolute Gasteiger partial charge is 0.250 e. The molecule has 0 aliphatic rings. The third kappa shape index (κ3) is 3.47. The first kappa shape index (κ1) is 13.1. The van der Waals surface area contributed by atoms with Crippen molar-refractivity contribution in [3.05, 3.63) is 23.6 Å². The van der Waals surface area contributed by atoms with Gasteiger partial charge in [0.2, 0.25) is 0 Å². The number of hydrogen-bond acceptors (Lipinski definition) is 3. The monoisotopic (exact) mass is 220 g/mol. The largest absolute Gasteiger partial charge is 0.473 e. The van der Waals surface area contributed by atoms with Gasteiger partial charge in [-0.3, -0.25) is 0 Å². The molecule has 0 saturated carbocycles. The van der Waals surface area contributed by atoms with Crippen molar-refractivity contribution in [2.45, 2.75) is 26.5 Å². The summed E-state index contributed by atoms with van der Waals surface area (Å²) in [6, 6.07) is 1.34. The van der Waals surface area contributed by atoms with E-state index in [1.807, 2.05) is 13.8 Å². The Bertz CT molecular complexity index is 294. The average Bonchev–Trinajstić information content (AvgIpc) is 2.08. The van der Waals surface area contributed by atoms with Gasteiger partial charge in [0.15, 0.2) is 5.82 Å². The molecule has 1 aromatic rings. The normalized spacial score (nSPS) is 9.79. The molecule has 0 radical (unpaired) electrons. The zero-order chi connectivity index (χ0) is 9.84. The van der Waals surface area contributed by atoms with Crippen LogP contribution in [-0.2, 0) is 6.54 Å². The number of ether oxygens (including phenoxy) is 1. The van der Waals surface area contributed by atoms with Gasteiger partial charge in [0.25, 0.3) is 5.88 Å². The molecule has 1 aromatic heterocycles. The first-order valence-electron chi connectivity index (χ1n) is 4.14. The molecule has 0 unspecified atom stereocenters. The van der Waals surface area contributed by atoms with Crippen LogP contribution in [0.4, 0.5) is 4.39 Å². The maximum Gasteiger partial charge on any atom is 0.250 e. The zero-order valence-corrected chi connectivity index (χ0v) is 8.97. The van der Waals surface area contributed by atoms with Crippen LogP contribution in [0.1, 0.15) is 19.4 Å². The Morgan fingerprint density at radius 2 is 2.21 bits per heavy atom. The quantitative estimate of drug-likeness (QED) is 0.846. The minimum Gasteiger partial charge on any atom is -0.473 e. The summed E-state index contributed by atoms with van der Waals surface area (Å²) in [6.07, 6.45) is 1.44. The van der Waals surface area contributed by atoms with Gasteiger partial charge in [0.1, 0.15) is 0 Å². The van der Waals surface area contributed by atoms with Crippen LogP contribution in [-0.4, -0.2) is 11.1 Å². The van der Waals surface area contributed by atoms with Crippen molar-refractivity contribution in [3.63, 3.8) is 0 Å². The van der Waals surface area contributed by atoms with E-state index in [1.165, 1.54) is 12.3 Å². The van der Waals surface area contributed by atoms with Crippen LogP contribution in [0.2, 0.25) is 0 Å². The molecule has 2 N–H and O–H groups in total. The Kier molecular flexibility index (Phi) is 5.42. The topological polar surface area (TPSA) is 48.1 Å². The lowest BCUT2D eigenvalue weighted by molar-refractivity contribution is 0.220. The molecule has 0 fully saturated rings. The number of pyridine rings is 1. The fourth-order valence-corrected chi connectivity index (χ4v) is 0.887. The predicted octanol–water partition coefficient (Wildman–Crippen LogP) is 1.89. The fraction of sp³-hybridized carbons (Fsp3) is 0.444. The van der Waals surface area contributed by atoms with Crippen LogP contribution >= 0.6 is 12.4 Å². The van der Waals surface area contributed by atoms with Crippen molar-refractivity contribution in [3.8, 4) is 5.88 Å². The summed E-state index contributed by atoms with van der Waals surface area (Å²) in [5.41, 5.74) is 5.98. The minimum absolute atomic E-state index is 0. The number of hydrogen-bond donors (Lipinski definition) is 1. The van der Waals surface area contributed by atoms with Gasteiger partial charge in [0.05, 0.1) is 6.10 Å².